The molecule has 2 aromatic carbocycles. The van der Waals surface area contributed by atoms with Crippen LogP contribution in [0.3, 0.4) is 0 Å². The zero-order valence-electron chi connectivity index (χ0n) is 13.9. The van der Waals surface area contributed by atoms with Gasteiger partial charge in [-0.3, -0.25) is 4.79 Å². The second-order valence-electron chi connectivity index (χ2n) is 5.62. The Kier molecular flexibility index (Phi) is 4.94. The van der Waals surface area contributed by atoms with Crippen molar-refractivity contribution in [2.75, 3.05) is 5.32 Å². The van der Waals surface area contributed by atoms with E-state index in [1.165, 1.54) is 4.68 Å². The number of halogens is 3. The first-order valence-corrected chi connectivity index (χ1v) is 7.88. The largest absolute Gasteiger partial charge is 0.435 e. The minimum atomic E-state index is -4.57. The predicted octanol–water partition coefficient (Wildman–Crippen LogP) is 4.41. The van der Waals surface area contributed by atoms with Crippen molar-refractivity contribution < 1.29 is 18.0 Å². The van der Waals surface area contributed by atoms with E-state index in [0.717, 1.165) is 6.07 Å². The fourth-order valence-electron chi connectivity index (χ4n) is 2.49. The second kappa shape index (κ2) is 7.33. The predicted molar refractivity (Wildman–Crippen MR) is 92.9 cm³/mol. The lowest BCUT2D eigenvalue weighted by atomic mass is 10.1. The van der Waals surface area contributed by atoms with Crippen LogP contribution < -0.4 is 5.32 Å². The van der Waals surface area contributed by atoms with Crippen molar-refractivity contribution in [3.05, 3.63) is 66.4 Å². The molecule has 0 bridgehead atoms. The van der Waals surface area contributed by atoms with Gasteiger partial charge in [0, 0.05) is 11.3 Å². The molecule has 0 spiro atoms. The number of carbonyl (C=O) groups excluding carboxylic acids is 1. The Labute approximate surface area is 152 Å². The number of alkyl halides is 3. The third kappa shape index (κ3) is 4.15. The van der Waals surface area contributed by atoms with Gasteiger partial charge in [-0.05, 0) is 30.3 Å². The lowest BCUT2D eigenvalue weighted by Gasteiger charge is -2.09. The first kappa shape index (κ1) is 18.2. The lowest BCUT2D eigenvalue weighted by molar-refractivity contribution is -0.141. The van der Waals surface area contributed by atoms with Crippen molar-refractivity contribution >= 4 is 11.6 Å². The molecule has 3 aromatic rings. The quantitative estimate of drug-likeness (QED) is 0.739. The molecule has 0 unspecified atom stereocenters. The van der Waals surface area contributed by atoms with Gasteiger partial charge in [0.15, 0.2) is 5.69 Å². The van der Waals surface area contributed by atoms with Gasteiger partial charge in [0.2, 0.25) is 5.91 Å². The fourth-order valence-corrected chi connectivity index (χ4v) is 2.49. The molecule has 0 aliphatic heterocycles. The fraction of sp³-hybridized carbons (Fsp3) is 0.105. The zero-order chi connectivity index (χ0) is 19.4. The zero-order valence-corrected chi connectivity index (χ0v) is 13.9. The van der Waals surface area contributed by atoms with Gasteiger partial charge in [-0.25, -0.2) is 4.68 Å². The first-order valence-electron chi connectivity index (χ1n) is 7.88. The number of anilines is 1. The van der Waals surface area contributed by atoms with Crippen LogP contribution in [0.4, 0.5) is 18.9 Å². The molecular formula is C19H13F3N4O. The maximum absolute atomic E-state index is 13.1. The number of hydrogen-bond donors (Lipinski definition) is 1. The number of nitrogens with zero attached hydrogens (tertiary/aromatic N) is 3. The number of hydrogen-bond acceptors (Lipinski definition) is 3. The average molecular weight is 370 g/mol. The van der Waals surface area contributed by atoms with Crippen molar-refractivity contribution in [2.24, 2.45) is 0 Å². The van der Waals surface area contributed by atoms with Crippen LogP contribution in [0.25, 0.3) is 16.9 Å². The summed E-state index contributed by atoms with van der Waals surface area (Å²) in [6.45, 7) is 0. The van der Waals surface area contributed by atoms with Gasteiger partial charge in [0.05, 0.1) is 17.5 Å². The molecule has 0 aliphatic carbocycles. The van der Waals surface area contributed by atoms with E-state index < -0.39 is 17.8 Å². The maximum atomic E-state index is 13.1. The van der Waals surface area contributed by atoms with E-state index in [2.05, 4.69) is 10.4 Å². The van der Waals surface area contributed by atoms with Crippen molar-refractivity contribution in [3.63, 3.8) is 0 Å². The molecule has 0 saturated heterocycles. The Hall–Kier alpha value is -3.60. The Morgan fingerprint density at radius 3 is 2.37 bits per heavy atom. The van der Waals surface area contributed by atoms with Gasteiger partial charge in [0.25, 0.3) is 0 Å². The van der Waals surface area contributed by atoms with Gasteiger partial charge in [-0.2, -0.15) is 23.5 Å². The van der Waals surface area contributed by atoms with E-state index >= 15 is 0 Å². The Morgan fingerprint density at radius 2 is 1.78 bits per heavy atom. The van der Waals surface area contributed by atoms with Crippen LogP contribution in [-0.4, -0.2) is 15.7 Å². The Morgan fingerprint density at radius 1 is 1.11 bits per heavy atom. The molecule has 1 N–H and O–H groups in total. The third-order valence-electron chi connectivity index (χ3n) is 3.70. The van der Waals surface area contributed by atoms with E-state index in [-0.39, 0.29) is 12.1 Å². The molecule has 0 radical (unpaired) electrons. The molecule has 0 fully saturated rings. The highest BCUT2D eigenvalue weighted by Crippen LogP contribution is 2.33. The SMILES string of the molecule is N#CCC(=O)Nc1ccc(-c2cc(C(F)(F)F)nn2-c2ccccc2)cc1. The molecule has 27 heavy (non-hydrogen) atoms. The summed E-state index contributed by atoms with van der Waals surface area (Å²) >= 11 is 0. The highest BCUT2D eigenvalue weighted by atomic mass is 19.4. The highest BCUT2D eigenvalue weighted by molar-refractivity contribution is 5.92. The molecule has 0 saturated carbocycles. The van der Waals surface area contributed by atoms with Gasteiger partial charge < -0.3 is 5.32 Å². The van der Waals surface area contributed by atoms with Crippen LogP contribution in [0.5, 0.6) is 0 Å². The summed E-state index contributed by atoms with van der Waals surface area (Å²) < 4.78 is 40.7. The van der Waals surface area contributed by atoms with Gasteiger partial charge in [-0.1, -0.05) is 30.3 Å². The number of nitrogens with one attached hydrogen (secondary N) is 1. The standard InChI is InChI=1S/C19H13F3N4O/c20-19(21,22)17-12-16(26(25-17)15-4-2-1-3-5-15)13-6-8-14(9-7-13)24-18(27)10-11-23/h1-9,12H,10H2,(H,24,27). The molecule has 0 atom stereocenters. The number of aromatic nitrogens is 2. The van der Waals surface area contributed by atoms with Crippen LogP contribution in [0.1, 0.15) is 12.1 Å². The molecule has 136 valence electrons. The number of para-hydroxylation sites is 1. The second-order valence-corrected chi connectivity index (χ2v) is 5.62. The first-order chi connectivity index (χ1) is 12.9. The minimum absolute atomic E-state index is 0.267. The monoisotopic (exact) mass is 370 g/mol. The summed E-state index contributed by atoms with van der Waals surface area (Å²) in [5.41, 5.74) is 0.714. The lowest BCUT2D eigenvalue weighted by Crippen LogP contribution is -2.09. The minimum Gasteiger partial charge on any atom is -0.325 e. The van der Waals surface area contributed by atoms with Gasteiger partial charge >= 0.3 is 6.18 Å². The van der Waals surface area contributed by atoms with Crippen molar-refractivity contribution in [1.29, 1.82) is 5.26 Å². The van der Waals surface area contributed by atoms with Crippen LogP contribution in [-0.2, 0) is 11.0 Å². The summed E-state index contributed by atoms with van der Waals surface area (Å²) in [4.78, 5) is 11.4. The summed E-state index contributed by atoms with van der Waals surface area (Å²) in [6.07, 6.45) is -4.85. The number of benzene rings is 2. The topological polar surface area (TPSA) is 70.7 Å². The Bertz CT molecular complexity index is 987. The van der Waals surface area contributed by atoms with Gasteiger partial charge in [0.1, 0.15) is 6.42 Å². The van der Waals surface area contributed by atoms with Crippen molar-refractivity contribution in [1.82, 2.24) is 9.78 Å². The smallest absolute Gasteiger partial charge is 0.325 e. The van der Waals surface area contributed by atoms with Crippen molar-refractivity contribution in [3.8, 4) is 23.0 Å². The molecule has 0 aliphatic rings. The maximum Gasteiger partial charge on any atom is 0.435 e. The molecule has 3 rings (SSSR count). The molecule has 5 nitrogen and oxygen atoms in total. The van der Waals surface area contributed by atoms with E-state index in [1.54, 1.807) is 60.7 Å². The van der Waals surface area contributed by atoms with E-state index in [9.17, 15) is 18.0 Å². The van der Waals surface area contributed by atoms with Crippen LogP contribution >= 0.6 is 0 Å². The van der Waals surface area contributed by atoms with E-state index in [1.807, 2.05) is 0 Å². The summed E-state index contributed by atoms with van der Waals surface area (Å²) in [5.74, 6) is -0.459. The van der Waals surface area contributed by atoms with Crippen LogP contribution in [0.2, 0.25) is 0 Å². The average Bonchev–Trinajstić information content (AvgIpc) is 3.09. The van der Waals surface area contributed by atoms with Gasteiger partial charge in [-0.15, -0.1) is 0 Å². The van der Waals surface area contributed by atoms with Crippen molar-refractivity contribution in [2.45, 2.75) is 12.6 Å². The van der Waals surface area contributed by atoms with Crippen LogP contribution in [0, 0.1) is 11.3 Å². The normalized spacial score (nSPS) is 11.0. The highest BCUT2D eigenvalue weighted by Gasteiger charge is 2.35. The summed E-state index contributed by atoms with van der Waals surface area (Å²) in [7, 11) is 0. The molecule has 1 heterocycles. The van der Waals surface area contributed by atoms with Crippen LogP contribution in [0.15, 0.2) is 60.7 Å². The molecule has 1 amide bonds. The molecular weight excluding hydrogens is 357 g/mol. The molecule has 8 heteroatoms. The molecule has 1 aromatic heterocycles. The number of amides is 1. The Balaban J connectivity index is 1.99. The number of rotatable bonds is 4. The van der Waals surface area contributed by atoms with E-state index in [0.29, 0.717) is 16.9 Å². The summed E-state index contributed by atoms with van der Waals surface area (Å²) in [6, 6.07) is 17.5. The number of carbonyl (C=O) groups is 1. The third-order valence-corrected chi connectivity index (χ3v) is 3.70. The van der Waals surface area contributed by atoms with E-state index in [4.69, 9.17) is 5.26 Å². The summed E-state index contributed by atoms with van der Waals surface area (Å²) in [5, 5.41) is 14.7. The number of nitriles is 1.